The molecule has 0 radical (unpaired) electrons. The van der Waals surface area contributed by atoms with Crippen LogP contribution in [0.5, 0.6) is 5.75 Å². The van der Waals surface area contributed by atoms with Crippen LogP contribution in [0.1, 0.15) is 42.9 Å². The van der Waals surface area contributed by atoms with Crippen LogP contribution in [0.2, 0.25) is 0 Å². The number of methoxy groups -OCH3 is 1. The van der Waals surface area contributed by atoms with Gasteiger partial charge in [0.25, 0.3) is 0 Å². The van der Waals surface area contributed by atoms with Gasteiger partial charge in [0.05, 0.1) is 12.8 Å². The normalized spacial score (nSPS) is 18.1. The molecule has 0 N–H and O–H groups in total. The van der Waals surface area contributed by atoms with E-state index in [2.05, 4.69) is 29.8 Å². The largest absolute Gasteiger partial charge is 0.497 e. The molecule has 1 aromatic carbocycles. The van der Waals surface area contributed by atoms with Crippen LogP contribution < -0.4 is 4.74 Å². The molecule has 0 amide bonds. The number of rotatable bonds is 3. The first kappa shape index (κ1) is 12.3. The van der Waals surface area contributed by atoms with Crippen LogP contribution >= 0.6 is 0 Å². The standard InChI is InChI=1S/C16H20N2O/c1-12-4-3-5-16-17-14(11-18(12)16)10-13-6-8-15(19-2)9-7-13/h6-9,11-12H,3-5,10H2,1-2H3. The first-order chi connectivity index (χ1) is 9.26. The molecule has 19 heavy (non-hydrogen) atoms. The number of fused-ring (bicyclic) bond motifs is 1. The third-order valence-electron chi connectivity index (χ3n) is 3.90. The molecule has 2 heterocycles. The summed E-state index contributed by atoms with van der Waals surface area (Å²) in [5.41, 5.74) is 2.46. The quantitative estimate of drug-likeness (QED) is 0.841. The fraction of sp³-hybridized carbons (Fsp3) is 0.438. The number of ether oxygens (including phenoxy) is 1. The predicted molar refractivity (Wildman–Crippen MR) is 75.7 cm³/mol. The van der Waals surface area contributed by atoms with E-state index >= 15 is 0 Å². The Morgan fingerprint density at radius 2 is 2.11 bits per heavy atom. The molecule has 3 heteroatoms. The highest BCUT2D eigenvalue weighted by atomic mass is 16.5. The summed E-state index contributed by atoms with van der Waals surface area (Å²) in [4.78, 5) is 4.77. The molecule has 0 bridgehead atoms. The van der Waals surface area contributed by atoms with Crippen molar-refractivity contribution >= 4 is 0 Å². The maximum atomic E-state index is 5.18. The van der Waals surface area contributed by atoms with Crippen molar-refractivity contribution in [2.45, 2.75) is 38.6 Å². The van der Waals surface area contributed by atoms with Gasteiger partial charge in [-0.25, -0.2) is 4.98 Å². The number of hydrogen-bond donors (Lipinski definition) is 0. The summed E-state index contributed by atoms with van der Waals surface area (Å²) in [7, 11) is 1.69. The van der Waals surface area contributed by atoms with Crippen LogP contribution in [0.3, 0.4) is 0 Å². The fourth-order valence-corrected chi connectivity index (χ4v) is 2.79. The van der Waals surface area contributed by atoms with Crippen molar-refractivity contribution in [1.82, 2.24) is 9.55 Å². The van der Waals surface area contributed by atoms with E-state index in [1.807, 2.05) is 12.1 Å². The van der Waals surface area contributed by atoms with Crippen molar-refractivity contribution in [2.24, 2.45) is 0 Å². The molecule has 100 valence electrons. The highest BCUT2D eigenvalue weighted by Gasteiger charge is 2.17. The summed E-state index contributed by atoms with van der Waals surface area (Å²) < 4.78 is 7.53. The highest BCUT2D eigenvalue weighted by Crippen LogP contribution is 2.25. The van der Waals surface area contributed by atoms with Crippen LogP contribution in [0.25, 0.3) is 0 Å². The Bertz CT molecular complexity index is 557. The van der Waals surface area contributed by atoms with Gasteiger partial charge in [-0.15, -0.1) is 0 Å². The second-order valence-corrected chi connectivity index (χ2v) is 5.32. The molecule has 2 aromatic rings. The van der Waals surface area contributed by atoms with Crippen molar-refractivity contribution in [2.75, 3.05) is 7.11 Å². The van der Waals surface area contributed by atoms with E-state index in [-0.39, 0.29) is 0 Å². The average molecular weight is 256 g/mol. The van der Waals surface area contributed by atoms with Crippen molar-refractivity contribution < 1.29 is 4.74 Å². The summed E-state index contributed by atoms with van der Waals surface area (Å²) in [6, 6.07) is 8.84. The van der Waals surface area contributed by atoms with Gasteiger partial charge in [-0.1, -0.05) is 12.1 Å². The van der Waals surface area contributed by atoms with E-state index < -0.39 is 0 Å². The minimum Gasteiger partial charge on any atom is -0.497 e. The molecular weight excluding hydrogens is 236 g/mol. The first-order valence-corrected chi connectivity index (χ1v) is 6.96. The molecule has 1 unspecified atom stereocenters. The van der Waals surface area contributed by atoms with Crippen LogP contribution in [0.4, 0.5) is 0 Å². The molecule has 1 atom stereocenters. The van der Waals surface area contributed by atoms with E-state index in [9.17, 15) is 0 Å². The molecule has 1 aliphatic rings. The van der Waals surface area contributed by atoms with E-state index in [1.165, 1.54) is 29.9 Å². The van der Waals surface area contributed by atoms with Gasteiger partial charge in [0, 0.05) is 25.1 Å². The van der Waals surface area contributed by atoms with E-state index in [4.69, 9.17) is 9.72 Å². The minimum atomic E-state index is 0.598. The second kappa shape index (κ2) is 5.08. The van der Waals surface area contributed by atoms with Gasteiger partial charge < -0.3 is 9.30 Å². The Morgan fingerprint density at radius 3 is 2.79 bits per heavy atom. The number of nitrogens with zero attached hydrogens (tertiary/aromatic N) is 2. The zero-order valence-electron chi connectivity index (χ0n) is 11.6. The fourth-order valence-electron chi connectivity index (χ4n) is 2.79. The number of aryl methyl sites for hydroxylation is 1. The second-order valence-electron chi connectivity index (χ2n) is 5.32. The molecule has 0 spiro atoms. The lowest BCUT2D eigenvalue weighted by atomic mass is 10.1. The zero-order chi connectivity index (χ0) is 13.2. The van der Waals surface area contributed by atoms with Gasteiger partial charge in [0.1, 0.15) is 11.6 Å². The van der Waals surface area contributed by atoms with Gasteiger partial charge in [-0.3, -0.25) is 0 Å². The van der Waals surface area contributed by atoms with Gasteiger partial charge in [-0.05, 0) is 37.5 Å². The summed E-state index contributed by atoms with van der Waals surface area (Å²) in [5.74, 6) is 2.16. The molecule has 3 rings (SSSR count). The number of aromatic nitrogens is 2. The van der Waals surface area contributed by atoms with Crippen molar-refractivity contribution in [1.29, 1.82) is 0 Å². The van der Waals surface area contributed by atoms with Crippen molar-refractivity contribution in [3.8, 4) is 5.75 Å². The zero-order valence-corrected chi connectivity index (χ0v) is 11.6. The summed E-state index contributed by atoms with van der Waals surface area (Å²) in [5, 5.41) is 0. The van der Waals surface area contributed by atoms with Crippen molar-refractivity contribution in [3.05, 3.63) is 47.5 Å². The smallest absolute Gasteiger partial charge is 0.118 e. The average Bonchev–Trinajstić information content (AvgIpc) is 2.84. The topological polar surface area (TPSA) is 27.1 Å². The van der Waals surface area contributed by atoms with E-state index in [0.717, 1.165) is 18.6 Å². The number of benzene rings is 1. The summed E-state index contributed by atoms with van der Waals surface area (Å²) in [6.45, 7) is 2.28. The molecule has 0 aliphatic carbocycles. The predicted octanol–water partition coefficient (Wildman–Crippen LogP) is 3.38. The van der Waals surface area contributed by atoms with Gasteiger partial charge in [0.2, 0.25) is 0 Å². The van der Waals surface area contributed by atoms with E-state index in [1.54, 1.807) is 7.11 Å². The lowest BCUT2D eigenvalue weighted by Crippen LogP contribution is -2.14. The Hall–Kier alpha value is -1.77. The molecule has 1 aromatic heterocycles. The maximum Gasteiger partial charge on any atom is 0.118 e. The van der Waals surface area contributed by atoms with Crippen LogP contribution in [-0.4, -0.2) is 16.7 Å². The molecule has 0 saturated heterocycles. The Kier molecular flexibility index (Phi) is 3.28. The molecular formula is C16H20N2O. The monoisotopic (exact) mass is 256 g/mol. The van der Waals surface area contributed by atoms with Crippen LogP contribution in [-0.2, 0) is 12.8 Å². The van der Waals surface area contributed by atoms with Crippen molar-refractivity contribution in [3.63, 3.8) is 0 Å². The van der Waals surface area contributed by atoms with Crippen LogP contribution in [0.15, 0.2) is 30.5 Å². The SMILES string of the molecule is COc1ccc(Cc2cn3c(n2)CCCC3C)cc1. The van der Waals surface area contributed by atoms with Gasteiger partial charge in [0.15, 0.2) is 0 Å². The first-order valence-electron chi connectivity index (χ1n) is 6.96. The Labute approximate surface area is 114 Å². The van der Waals surface area contributed by atoms with Gasteiger partial charge in [-0.2, -0.15) is 0 Å². The molecule has 3 nitrogen and oxygen atoms in total. The highest BCUT2D eigenvalue weighted by molar-refractivity contribution is 5.29. The van der Waals surface area contributed by atoms with Crippen LogP contribution in [0, 0.1) is 0 Å². The summed E-state index contributed by atoms with van der Waals surface area (Å²) >= 11 is 0. The lowest BCUT2D eigenvalue weighted by molar-refractivity contribution is 0.414. The molecule has 1 aliphatic heterocycles. The molecule has 0 fully saturated rings. The minimum absolute atomic E-state index is 0.598. The van der Waals surface area contributed by atoms with E-state index in [0.29, 0.717) is 6.04 Å². The Morgan fingerprint density at radius 1 is 1.32 bits per heavy atom. The van der Waals surface area contributed by atoms with Gasteiger partial charge >= 0.3 is 0 Å². The maximum absolute atomic E-state index is 5.18. The third kappa shape index (κ3) is 2.50. The third-order valence-corrected chi connectivity index (χ3v) is 3.90. The number of imidazole rings is 1. The number of hydrogen-bond acceptors (Lipinski definition) is 2. The Balaban J connectivity index is 1.79. The summed E-state index contributed by atoms with van der Waals surface area (Å²) in [6.07, 6.45) is 6.78. The lowest BCUT2D eigenvalue weighted by Gasteiger charge is -2.20. The molecule has 0 saturated carbocycles.